The van der Waals surface area contributed by atoms with E-state index in [0.717, 1.165) is 10.2 Å². The number of non-ortho nitro benzene ring substituents is 1. The number of aryl methyl sites for hydroxylation is 1. The van der Waals surface area contributed by atoms with E-state index in [0.29, 0.717) is 10.3 Å². The van der Waals surface area contributed by atoms with Crippen LogP contribution in [-0.2, 0) is 0 Å². The highest BCUT2D eigenvalue weighted by Gasteiger charge is 2.14. The van der Waals surface area contributed by atoms with Gasteiger partial charge in [-0.05, 0) is 41.1 Å². The molecule has 0 aliphatic rings. The van der Waals surface area contributed by atoms with Crippen molar-refractivity contribution in [3.63, 3.8) is 0 Å². The molecule has 0 aliphatic heterocycles. The Bertz CT molecular complexity index is 735. The van der Waals surface area contributed by atoms with Crippen molar-refractivity contribution in [1.29, 1.82) is 0 Å². The van der Waals surface area contributed by atoms with Gasteiger partial charge in [-0.3, -0.25) is 14.9 Å². The maximum Gasteiger partial charge on any atom is 0.271 e. The zero-order valence-electron chi connectivity index (χ0n) is 10.8. The summed E-state index contributed by atoms with van der Waals surface area (Å²) in [5.74, 6) is -0.0862. The molecule has 1 heterocycles. The minimum absolute atomic E-state index is 0.158. The zero-order valence-corrected chi connectivity index (χ0v) is 13.9. The minimum atomic E-state index is -0.552. The first-order valence-corrected chi connectivity index (χ1v) is 7.35. The lowest BCUT2D eigenvalue weighted by molar-refractivity contribution is -0.384. The predicted molar refractivity (Wildman–Crippen MR) is 85.4 cm³/mol. The van der Waals surface area contributed by atoms with E-state index in [2.05, 4.69) is 42.2 Å². The molecule has 0 fully saturated rings. The zero-order chi connectivity index (χ0) is 15.6. The Hall–Kier alpha value is -1.80. The van der Waals surface area contributed by atoms with Crippen molar-refractivity contribution in [1.82, 2.24) is 4.98 Å². The van der Waals surface area contributed by atoms with Crippen LogP contribution >= 0.6 is 31.9 Å². The number of carbonyl (C=O) groups excluding carboxylic acids is 1. The number of anilines is 1. The third-order valence-electron chi connectivity index (χ3n) is 2.62. The Morgan fingerprint density at radius 2 is 2.00 bits per heavy atom. The maximum atomic E-state index is 12.1. The fraction of sp³-hybridized carbons (Fsp3) is 0.0769. The van der Waals surface area contributed by atoms with Gasteiger partial charge in [-0.15, -0.1) is 0 Å². The summed E-state index contributed by atoms with van der Waals surface area (Å²) in [6, 6.07) is 7.46. The highest BCUT2D eigenvalue weighted by Crippen LogP contribution is 2.22. The molecular formula is C13H9Br2N3O3. The van der Waals surface area contributed by atoms with Crippen molar-refractivity contribution in [3.05, 3.63) is 60.6 Å². The number of nitrogens with one attached hydrogen (secondary N) is 1. The second-order valence-electron chi connectivity index (χ2n) is 4.17. The van der Waals surface area contributed by atoms with E-state index < -0.39 is 10.8 Å². The normalized spacial score (nSPS) is 10.2. The first kappa shape index (κ1) is 15.6. The number of amides is 1. The lowest BCUT2D eigenvalue weighted by Gasteiger charge is -2.06. The lowest BCUT2D eigenvalue weighted by atomic mass is 10.2. The Morgan fingerprint density at radius 1 is 1.29 bits per heavy atom. The summed E-state index contributed by atoms with van der Waals surface area (Å²) in [6.07, 6.45) is 0. The van der Waals surface area contributed by atoms with Gasteiger partial charge >= 0.3 is 0 Å². The van der Waals surface area contributed by atoms with Crippen LogP contribution in [0.2, 0.25) is 0 Å². The van der Waals surface area contributed by atoms with Crippen molar-refractivity contribution in [2.45, 2.75) is 6.92 Å². The van der Waals surface area contributed by atoms with Gasteiger partial charge in [-0.2, -0.15) is 0 Å². The third-order valence-corrected chi connectivity index (χ3v) is 3.91. The summed E-state index contributed by atoms with van der Waals surface area (Å²) >= 11 is 6.47. The Balaban J connectivity index is 2.27. The van der Waals surface area contributed by atoms with Gasteiger partial charge in [-0.25, -0.2) is 4.98 Å². The van der Waals surface area contributed by atoms with Crippen LogP contribution in [-0.4, -0.2) is 15.8 Å². The van der Waals surface area contributed by atoms with Gasteiger partial charge in [0.15, 0.2) is 0 Å². The van der Waals surface area contributed by atoms with Crippen LogP contribution in [0.15, 0.2) is 39.3 Å². The molecule has 1 N–H and O–H groups in total. The highest BCUT2D eigenvalue weighted by molar-refractivity contribution is 9.10. The number of carbonyl (C=O) groups is 1. The Kier molecular flexibility index (Phi) is 4.69. The number of benzene rings is 1. The van der Waals surface area contributed by atoms with Gasteiger partial charge in [0.1, 0.15) is 5.82 Å². The average Bonchev–Trinajstić information content (AvgIpc) is 2.42. The number of nitro groups is 1. The molecule has 8 heteroatoms. The quantitative estimate of drug-likeness (QED) is 0.605. The molecule has 0 saturated carbocycles. The van der Waals surface area contributed by atoms with Crippen LogP contribution in [0.1, 0.15) is 16.1 Å². The third kappa shape index (κ3) is 3.85. The Labute approximate surface area is 137 Å². The van der Waals surface area contributed by atoms with Crippen LogP contribution in [0.25, 0.3) is 0 Å². The summed E-state index contributed by atoms with van der Waals surface area (Å²) in [4.78, 5) is 26.6. The SMILES string of the molecule is Cc1nc(NC(=O)c2cc(Br)cc([N+](=O)[O-])c2)ccc1Br. The van der Waals surface area contributed by atoms with Gasteiger partial charge in [0.05, 0.1) is 10.6 Å². The average molecular weight is 415 g/mol. The molecule has 0 unspecified atom stereocenters. The summed E-state index contributed by atoms with van der Waals surface area (Å²) in [7, 11) is 0. The predicted octanol–water partition coefficient (Wildman–Crippen LogP) is 4.08. The molecule has 0 spiro atoms. The van der Waals surface area contributed by atoms with Crippen LogP contribution in [0.4, 0.5) is 11.5 Å². The van der Waals surface area contributed by atoms with Gasteiger partial charge < -0.3 is 5.32 Å². The second-order valence-corrected chi connectivity index (χ2v) is 5.94. The molecule has 1 aromatic heterocycles. The van der Waals surface area contributed by atoms with Crippen molar-refractivity contribution in [2.75, 3.05) is 5.32 Å². The minimum Gasteiger partial charge on any atom is -0.307 e. The fourth-order valence-electron chi connectivity index (χ4n) is 1.61. The molecule has 0 radical (unpaired) electrons. The first-order valence-electron chi connectivity index (χ1n) is 5.76. The number of aromatic nitrogens is 1. The van der Waals surface area contributed by atoms with Gasteiger partial charge in [0, 0.05) is 26.6 Å². The van der Waals surface area contributed by atoms with E-state index in [1.807, 2.05) is 0 Å². The summed E-state index contributed by atoms with van der Waals surface area (Å²) in [6.45, 7) is 1.80. The monoisotopic (exact) mass is 413 g/mol. The molecule has 0 atom stereocenters. The molecule has 2 rings (SSSR count). The molecule has 0 bridgehead atoms. The standard InChI is InChI=1S/C13H9Br2N3O3/c1-7-11(15)2-3-12(16-7)17-13(19)8-4-9(14)6-10(5-8)18(20)21/h2-6H,1H3,(H,16,17,19). The van der Waals surface area contributed by atoms with E-state index in [1.165, 1.54) is 18.2 Å². The molecule has 0 saturated heterocycles. The van der Waals surface area contributed by atoms with E-state index >= 15 is 0 Å². The topological polar surface area (TPSA) is 85.1 Å². The number of halogens is 2. The number of pyridine rings is 1. The summed E-state index contributed by atoms with van der Waals surface area (Å²) in [5.41, 5.74) is 0.751. The van der Waals surface area contributed by atoms with E-state index in [9.17, 15) is 14.9 Å². The molecule has 21 heavy (non-hydrogen) atoms. The Morgan fingerprint density at radius 3 is 2.62 bits per heavy atom. The van der Waals surface area contributed by atoms with Gasteiger partial charge in [0.2, 0.25) is 0 Å². The molecule has 0 aliphatic carbocycles. The summed E-state index contributed by atoms with van der Waals surface area (Å²) in [5, 5.41) is 13.4. The van der Waals surface area contributed by atoms with Gasteiger partial charge in [0.25, 0.3) is 11.6 Å². The van der Waals surface area contributed by atoms with Crippen molar-refractivity contribution < 1.29 is 9.72 Å². The number of rotatable bonds is 3. The maximum absolute atomic E-state index is 12.1. The van der Waals surface area contributed by atoms with E-state index in [4.69, 9.17) is 0 Å². The van der Waals surface area contributed by atoms with Crippen LogP contribution in [0.5, 0.6) is 0 Å². The van der Waals surface area contributed by atoms with Crippen LogP contribution < -0.4 is 5.32 Å². The molecule has 108 valence electrons. The molecule has 1 amide bonds. The fourth-order valence-corrected chi connectivity index (χ4v) is 2.31. The van der Waals surface area contributed by atoms with Crippen LogP contribution in [0.3, 0.4) is 0 Å². The number of hydrogen-bond donors (Lipinski definition) is 1. The van der Waals surface area contributed by atoms with Crippen molar-refractivity contribution >= 4 is 49.3 Å². The van der Waals surface area contributed by atoms with Gasteiger partial charge in [-0.1, -0.05) is 15.9 Å². The van der Waals surface area contributed by atoms with E-state index in [1.54, 1.807) is 19.1 Å². The second kappa shape index (κ2) is 6.31. The molecule has 1 aromatic carbocycles. The van der Waals surface area contributed by atoms with Crippen molar-refractivity contribution in [3.8, 4) is 0 Å². The molecule has 6 nitrogen and oxygen atoms in total. The van der Waals surface area contributed by atoms with Crippen LogP contribution in [0, 0.1) is 17.0 Å². The van der Waals surface area contributed by atoms with E-state index in [-0.39, 0.29) is 11.3 Å². The molecular weight excluding hydrogens is 406 g/mol. The van der Waals surface area contributed by atoms with Crippen molar-refractivity contribution in [2.24, 2.45) is 0 Å². The first-order chi connectivity index (χ1) is 9.86. The number of hydrogen-bond acceptors (Lipinski definition) is 4. The highest BCUT2D eigenvalue weighted by atomic mass is 79.9. The molecule has 2 aromatic rings. The summed E-state index contributed by atoms with van der Waals surface area (Å²) < 4.78 is 1.29. The lowest BCUT2D eigenvalue weighted by Crippen LogP contribution is -2.13. The number of nitro benzene ring substituents is 1. The largest absolute Gasteiger partial charge is 0.307 e. The number of nitrogens with zero attached hydrogens (tertiary/aromatic N) is 2. The smallest absolute Gasteiger partial charge is 0.271 e.